The largest absolute Gasteiger partial charge is 0.481 e. The third-order valence-electron chi connectivity index (χ3n) is 6.65. The average Bonchev–Trinajstić information content (AvgIpc) is 2.89. The molecule has 2 rings (SSSR count). The van der Waals surface area contributed by atoms with Crippen LogP contribution in [0.4, 0.5) is 0 Å². The lowest BCUT2D eigenvalue weighted by atomic mass is 9.76. The van der Waals surface area contributed by atoms with Crippen LogP contribution in [-0.4, -0.2) is 47.8 Å². The molecule has 0 aliphatic carbocycles. The van der Waals surface area contributed by atoms with E-state index < -0.39 is 23.5 Å². The Hall–Kier alpha value is -2.71. The van der Waals surface area contributed by atoms with Crippen molar-refractivity contribution in [3.05, 3.63) is 76.2 Å². The summed E-state index contributed by atoms with van der Waals surface area (Å²) in [5.74, 6) is 0.286. The first kappa shape index (κ1) is 31.5. The Morgan fingerprint density at radius 3 is 2.39 bits per heavy atom. The van der Waals surface area contributed by atoms with Gasteiger partial charge in [-0.25, -0.2) is 4.79 Å². The molecule has 0 spiro atoms. The topological polar surface area (TPSA) is 102 Å². The average molecular weight is 544 g/mol. The van der Waals surface area contributed by atoms with Gasteiger partial charge in [0, 0.05) is 12.2 Å². The van der Waals surface area contributed by atoms with Crippen molar-refractivity contribution >= 4 is 23.7 Å². The zero-order valence-electron chi connectivity index (χ0n) is 23.0. The maximum absolute atomic E-state index is 12.6. The smallest absolute Gasteiger partial charge is 0.335 e. The van der Waals surface area contributed by atoms with Crippen molar-refractivity contribution in [2.75, 3.05) is 24.7 Å². The van der Waals surface area contributed by atoms with Gasteiger partial charge in [-0.3, -0.25) is 4.79 Å². The second-order valence-electron chi connectivity index (χ2n) is 10.5. The van der Waals surface area contributed by atoms with Crippen molar-refractivity contribution in [1.29, 1.82) is 0 Å². The van der Waals surface area contributed by atoms with Crippen LogP contribution in [-0.2, 0) is 37.5 Å². The number of carbonyl (C=O) groups excluding carboxylic acids is 1. The molecule has 8 heteroatoms. The maximum atomic E-state index is 12.6. The highest BCUT2D eigenvalue weighted by Crippen LogP contribution is 2.35. The number of hydrogen-bond donors (Lipinski definition) is 1. The highest BCUT2D eigenvalue weighted by Gasteiger charge is 2.36. The van der Waals surface area contributed by atoms with Crippen LogP contribution in [0.3, 0.4) is 0 Å². The normalized spacial score (nSPS) is 13.9. The minimum absolute atomic E-state index is 0.0256. The second kappa shape index (κ2) is 15.6. The van der Waals surface area contributed by atoms with E-state index in [9.17, 15) is 19.6 Å². The molecule has 0 fully saturated rings. The number of benzene rings is 2. The molecule has 2 unspecified atom stereocenters. The quantitative estimate of drug-likeness (QED) is 0.132. The Labute approximate surface area is 230 Å². The maximum Gasteiger partial charge on any atom is 0.335 e. The summed E-state index contributed by atoms with van der Waals surface area (Å²) in [5.41, 5.74) is 1.44. The predicted molar refractivity (Wildman–Crippen MR) is 152 cm³/mol. The van der Waals surface area contributed by atoms with E-state index in [-0.39, 0.29) is 25.0 Å². The van der Waals surface area contributed by atoms with E-state index in [0.717, 1.165) is 29.7 Å². The van der Waals surface area contributed by atoms with Crippen molar-refractivity contribution in [1.82, 2.24) is 0 Å². The minimum Gasteiger partial charge on any atom is -0.481 e. The SMILES string of the molecule is CCOC(=O)C(Cc1cccc(C(C)(CCCC(C)(C)CSCCN=O)C(=O)O)c1)OCc1ccccc1. The molecule has 2 aromatic carbocycles. The third-order valence-corrected chi connectivity index (χ3v) is 8.11. The van der Waals surface area contributed by atoms with Gasteiger partial charge in [0.25, 0.3) is 0 Å². The lowest BCUT2D eigenvalue weighted by molar-refractivity contribution is -0.157. The number of carboxylic acid groups (broad SMARTS) is 1. The standard InChI is InChI=1S/C30H41NO6S/c1-5-36-27(32)26(37-21-23-11-7-6-8-12-23)20-24-13-9-14-25(19-24)30(4,28(33)34)16-10-15-29(2,3)22-38-18-17-31-35/h6-9,11-14,19,26H,5,10,15-18,20-22H2,1-4H3,(H,33,34). The van der Waals surface area contributed by atoms with Gasteiger partial charge in [0.05, 0.1) is 25.2 Å². The van der Waals surface area contributed by atoms with Gasteiger partial charge in [-0.2, -0.15) is 16.7 Å². The number of carboxylic acids is 1. The summed E-state index contributed by atoms with van der Waals surface area (Å²) in [6.45, 7) is 8.69. The molecule has 0 amide bonds. The molecular formula is C30H41NO6S. The third kappa shape index (κ3) is 10.2. The molecule has 2 atom stereocenters. The van der Waals surface area contributed by atoms with E-state index in [4.69, 9.17) is 9.47 Å². The molecule has 1 N–H and O–H groups in total. The Kier molecular flexibility index (Phi) is 13.0. The summed E-state index contributed by atoms with van der Waals surface area (Å²) in [6.07, 6.45) is 1.60. The van der Waals surface area contributed by atoms with Crippen LogP contribution in [0.25, 0.3) is 0 Å². The second-order valence-corrected chi connectivity index (χ2v) is 11.6. The molecular weight excluding hydrogens is 502 g/mol. The van der Waals surface area contributed by atoms with Crippen molar-refractivity contribution in [3.8, 4) is 0 Å². The molecule has 0 radical (unpaired) electrons. The number of carbonyl (C=O) groups is 2. The van der Waals surface area contributed by atoms with Gasteiger partial charge in [-0.05, 0) is 54.5 Å². The van der Waals surface area contributed by atoms with Crippen LogP contribution in [0.5, 0.6) is 0 Å². The molecule has 0 aliphatic heterocycles. The molecule has 0 aliphatic rings. The molecule has 0 saturated heterocycles. The van der Waals surface area contributed by atoms with Gasteiger partial charge < -0.3 is 14.6 Å². The van der Waals surface area contributed by atoms with Gasteiger partial charge in [0.1, 0.15) is 0 Å². The van der Waals surface area contributed by atoms with Gasteiger partial charge in [-0.1, -0.05) is 80.0 Å². The fraction of sp³-hybridized carbons (Fsp3) is 0.533. The van der Waals surface area contributed by atoms with E-state index in [1.54, 1.807) is 25.6 Å². The first-order chi connectivity index (χ1) is 18.1. The van der Waals surface area contributed by atoms with Crippen LogP contribution < -0.4 is 0 Å². The molecule has 0 aromatic heterocycles. The van der Waals surface area contributed by atoms with Crippen LogP contribution >= 0.6 is 11.8 Å². The van der Waals surface area contributed by atoms with Crippen LogP contribution in [0, 0.1) is 10.3 Å². The van der Waals surface area contributed by atoms with Crippen LogP contribution in [0.15, 0.2) is 59.8 Å². The summed E-state index contributed by atoms with van der Waals surface area (Å²) < 4.78 is 11.2. The summed E-state index contributed by atoms with van der Waals surface area (Å²) in [4.78, 5) is 35.4. The number of aliphatic carboxylic acids is 1. The number of nitrogens with zero attached hydrogens (tertiary/aromatic N) is 1. The van der Waals surface area contributed by atoms with Gasteiger partial charge >= 0.3 is 11.9 Å². The summed E-state index contributed by atoms with van der Waals surface area (Å²) in [6, 6.07) is 17.1. The number of ether oxygens (including phenoxy) is 2. The Bertz CT molecular complexity index is 1030. The molecule has 2 aromatic rings. The number of hydrogen-bond acceptors (Lipinski definition) is 7. The molecule has 0 saturated carbocycles. The first-order valence-corrected chi connectivity index (χ1v) is 14.3. The lowest BCUT2D eigenvalue weighted by Crippen LogP contribution is -2.33. The van der Waals surface area contributed by atoms with Crippen molar-refractivity contribution in [2.45, 2.75) is 71.5 Å². The summed E-state index contributed by atoms with van der Waals surface area (Å²) in [5, 5.41) is 13.1. The predicted octanol–water partition coefficient (Wildman–Crippen LogP) is 6.42. The fourth-order valence-corrected chi connectivity index (χ4v) is 5.33. The lowest BCUT2D eigenvalue weighted by Gasteiger charge is -2.29. The molecule has 208 valence electrons. The highest BCUT2D eigenvalue weighted by molar-refractivity contribution is 7.99. The molecule has 7 nitrogen and oxygen atoms in total. The summed E-state index contributed by atoms with van der Waals surface area (Å²) >= 11 is 1.70. The monoisotopic (exact) mass is 543 g/mol. The number of rotatable bonds is 18. The fourth-order valence-electron chi connectivity index (χ4n) is 4.29. The Balaban J connectivity index is 2.11. The number of esters is 1. The van der Waals surface area contributed by atoms with Crippen molar-refractivity contribution in [2.24, 2.45) is 10.6 Å². The highest BCUT2D eigenvalue weighted by atomic mass is 32.2. The van der Waals surface area contributed by atoms with Gasteiger partial charge in [0.15, 0.2) is 6.10 Å². The first-order valence-electron chi connectivity index (χ1n) is 13.1. The van der Waals surface area contributed by atoms with Crippen LogP contribution in [0.2, 0.25) is 0 Å². The molecule has 0 bridgehead atoms. The Morgan fingerprint density at radius 2 is 1.74 bits per heavy atom. The van der Waals surface area contributed by atoms with Crippen LogP contribution in [0.1, 0.15) is 63.6 Å². The van der Waals surface area contributed by atoms with E-state index in [2.05, 4.69) is 19.0 Å². The zero-order valence-corrected chi connectivity index (χ0v) is 23.8. The summed E-state index contributed by atoms with van der Waals surface area (Å²) in [7, 11) is 0. The van der Waals surface area contributed by atoms with E-state index in [1.165, 1.54) is 0 Å². The van der Waals surface area contributed by atoms with Crippen molar-refractivity contribution in [3.63, 3.8) is 0 Å². The van der Waals surface area contributed by atoms with E-state index >= 15 is 0 Å². The minimum atomic E-state index is -1.06. The van der Waals surface area contributed by atoms with E-state index in [1.807, 2.05) is 54.6 Å². The molecule has 38 heavy (non-hydrogen) atoms. The van der Waals surface area contributed by atoms with Crippen molar-refractivity contribution < 1.29 is 24.2 Å². The number of thioether (sulfide) groups is 1. The zero-order chi connectivity index (χ0) is 28.0. The molecule has 0 heterocycles. The Morgan fingerprint density at radius 1 is 1.03 bits per heavy atom. The van der Waals surface area contributed by atoms with Gasteiger partial charge in [0.2, 0.25) is 0 Å². The van der Waals surface area contributed by atoms with Gasteiger partial charge in [-0.15, -0.1) is 0 Å². The number of nitroso groups, excluding NO2 is 1. The van der Waals surface area contributed by atoms with E-state index in [0.29, 0.717) is 24.3 Å².